The van der Waals surface area contributed by atoms with Gasteiger partial charge in [0.15, 0.2) is 0 Å². The molecule has 0 heterocycles. The monoisotopic (exact) mass is 313 g/mol. The van der Waals surface area contributed by atoms with Crippen LogP contribution in [0.1, 0.15) is 24.1 Å². The van der Waals surface area contributed by atoms with E-state index in [1.54, 1.807) is 6.07 Å². The van der Waals surface area contributed by atoms with Gasteiger partial charge in [0.1, 0.15) is 17.5 Å². The number of rotatable bonds is 5. The molecule has 0 saturated heterocycles. The lowest BCUT2D eigenvalue weighted by atomic mass is 9.98. The largest absolute Gasteiger partial charge is 0.310 e. The summed E-state index contributed by atoms with van der Waals surface area (Å²) in [4.78, 5) is 0. The maximum atomic E-state index is 13.9. The molecule has 0 aliphatic rings. The normalized spacial score (nSPS) is 12.4. The maximum absolute atomic E-state index is 13.9. The van der Waals surface area contributed by atoms with Gasteiger partial charge in [-0.2, -0.15) is 0 Å². The van der Waals surface area contributed by atoms with E-state index in [9.17, 15) is 13.2 Å². The highest BCUT2D eigenvalue weighted by Gasteiger charge is 2.17. The molecule has 0 bridgehead atoms. The molecule has 1 atom stereocenters. The first-order valence-electron chi connectivity index (χ1n) is 6.63. The van der Waals surface area contributed by atoms with E-state index < -0.39 is 17.5 Å². The zero-order chi connectivity index (χ0) is 15.4. The first-order chi connectivity index (χ1) is 10.0. The lowest BCUT2D eigenvalue weighted by Gasteiger charge is -2.20. The number of halogens is 4. The van der Waals surface area contributed by atoms with E-state index in [1.165, 1.54) is 24.3 Å². The van der Waals surface area contributed by atoms with E-state index in [4.69, 9.17) is 11.6 Å². The number of hydrogen-bond donors (Lipinski definition) is 1. The summed E-state index contributed by atoms with van der Waals surface area (Å²) in [5, 5.41) is 3.43. The van der Waals surface area contributed by atoms with Crippen molar-refractivity contribution in [1.29, 1.82) is 0 Å². The van der Waals surface area contributed by atoms with Crippen LogP contribution in [-0.4, -0.2) is 6.54 Å². The highest BCUT2D eigenvalue weighted by atomic mass is 35.5. The Bertz CT molecular complexity index is 631. The van der Waals surface area contributed by atoms with Gasteiger partial charge < -0.3 is 5.32 Å². The van der Waals surface area contributed by atoms with Crippen molar-refractivity contribution in [3.63, 3.8) is 0 Å². The Morgan fingerprint density at radius 3 is 2.33 bits per heavy atom. The highest BCUT2D eigenvalue weighted by molar-refractivity contribution is 6.31. The van der Waals surface area contributed by atoms with Gasteiger partial charge in [0.25, 0.3) is 0 Å². The summed E-state index contributed by atoms with van der Waals surface area (Å²) >= 11 is 6.00. The number of likely N-dealkylation sites (N-methyl/N-ethyl adjacent to an activating group) is 1. The molecular formula is C16H15ClF3N. The first-order valence-corrected chi connectivity index (χ1v) is 7.01. The minimum absolute atomic E-state index is 0.292. The molecule has 0 aromatic heterocycles. The van der Waals surface area contributed by atoms with Gasteiger partial charge in [-0.25, -0.2) is 13.2 Å². The second-order valence-corrected chi connectivity index (χ2v) is 5.12. The van der Waals surface area contributed by atoms with E-state index in [0.29, 0.717) is 29.1 Å². The fourth-order valence-corrected chi connectivity index (χ4v) is 2.47. The van der Waals surface area contributed by atoms with Gasteiger partial charge in [-0.1, -0.05) is 30.7 Å². The van der Waals surface area contributed by atoms with Gasteiger partial charge in [-0.05, 0) is 36.7 Å². The van der Waals surface area contributed by atoms with Crippen LogP contribution in [0.5, 0.6) is 0 Å². The van der Waals surface area contributed by atoms with Crippen LogP contribution in [0, 0.1) is 17.5 Å². The van der Waals surface area contributed by atoms with E-state index in [0.717, 1.165) is 6.07 Å². The van der Waals surface area contributed by atoms with Crippen LogP contribution in [0.3, 0.4) is 0 Å². The Labute approximate surface area is 126 Å². The van der Waals surface area contributed by atoms with Crippen molar-refractivity contribution in [3.05, 3.63) is 70.0 Å². The summed E-state index contributed by atoms with van der Waals surface area (Å²) < 4.78 is 40.0. The summed E-state index contributed by atoms with van der Waals surface area (Å²) in [6, 6.07) is 7.23. The molecule has 1 unspecified atom stereocenters. The molecule has 2 rings (SSSR count). The van der Waals surface area contributed by atoms with Gasteiger partial charge in [-0.15, -0.1) is 0 Å². The molecule has 0 aliphatic carbocycles. The van der Waals surface area contributed by atoms with E-state index in [2.05, 4.69) is 5.32 Å². The fourth-order valence-electron chi connectivity index (χ4n) is 2.23. The SMILES string of the molecule is CCNC(Cc1ccc(F)cc1Cl)c1ccc(F)cc1F. The van der Waals surface area contributed by atoms with Crippen LogP contribution in [0.15, 0.2) is 36.4 Å². The molecule has 21 heavy (non-hydrogen) atoms. The molecule has 0 saturated carbocycles. The average Bonchev–Trinajstić information content (AvgIpc) is 2.41. The van der Waals surface area contributed by atoms with E-state index >= 15 is 0 Å². The van der Waals surface area contributed by atoms with Gasteiger partial charge in [0.05, 0.1) is 0 Å². The van der Waals surface area contributed by atoms with Crippen molar-refractivity contribution < 1.29 is 13.2 Å². The average molecular weight is 314 g/mol. The Hall–Kier alpha value is -1.52. The molecule has 1 N–H and O–H groups in total. The number of hydrogen-bond acceptors (Lipinski definition) is 1. The maximum Gasteiger partial charge on any atom is 0.130 e. The highest BCUT2D eigenvalue weighted by Crippen LogP contribution is 2.26. The second kappa shape index (κ2) is 6.96. The van der Waals surface area contributed by atoms with Crippen LogP contribution < -0.4 is 5.32 Å². The Balaban J connectivity index is 2.30. The first kappa shape index (κ1) is 15.9. The lowest BCUT2D eigenvalue weighted by molar-refractivity contribution is 0.502. The zero-order valence-corrected chi connectivity index (χ0v) is 12.2. The molecule has 0 aliphatic heterocycles. The smallest absolute Gasteiger partial charge is 0.130 e. The number of benzene rings is 2. The molecule has 0 radical (unpaired) electrons. The minimum atomic E-state index is -0.619. The third-order valence-electron chi connectivity index (χ3n) is 3.23. The van der Waals surface area contributed by atoms with Crippen LogP contribution in [0.4, 0.5) is 13.2 Å². The molecule has 2 aromatic carbocycles. The summed E-state index contributed by atoms with van der Waals surface area (Å²) in [7, 11) is 0. The van der Waals surface area contributed by atoms with Gasteiger partial charge in [0, 0.05) is 22.7 Å². The van der Waals surface area contributed by atoms with Gasteiger partial charge in [-0.3, -0.25) is 0 Å². The summed E-state index contributed by atoms with van der Waals surface area (Å²) in [5.74, 6) is -1.65. The molecule has 2 aromatic rings. The molecule has 5 heteroatoms. The molecule has 112 valence electrons. The summed E-state index contributed by atoms with van der Waals surface area (Å²) in [6.45, 7) is 2.50. The summed E-state index contributed by atoms with van der Waals surface area (Å²) in [5.41, 5.74) is 1.06. The van der Waals surface area contributed by atoms with Crippen LogP contribution in [0.25, 0.3) is 0 Å². The van der Waals surface area contributed by atoms with Crippen molar-refractivity contribution in [2.24, 2.45) is 0 Å². The quantitative estimate of drug-likeness (QED) is 0.847. The molecular weight excluding hydrogens is 299 g/mol. The van der Waals surface area contributed by atoms with Gasteiger partial charge in [0.2, 0.25) is 0 Å². The standard InChI is InChI=1S/C16H15ClF3N/c1-2-21-16(13-6-5-12(19)9-15(13)20)7-10-3-4-11(18)8-14(10)17/h3-6,8-9,16,21H,2,7H2,1H3. The van der Waals surface area contributed by atoms with E-state index in [1.807, 2.05) is 6.92 Å². The predicted molar refractivity (Wildman–Crippen MR) is 77.9 cm³/mol. The topological polar surface area (TPSA) is 12.0 Å². The van der Waals surface area contributed by atoms with Gasteiger partial charge >= 0.3 is 0 Å². The third-order valence-corrected chi connectivity index (χ3v) is 3.58. The molecule has 1 nitrogen and oxygen atoms in total. The Kier molecular flexibility index (Phi) is 5.26. The van der Waals surface area contributed by atoms with Crippen molar-refractivity contribution in [3.8, 4) is 0 Å². The van der Waals surface area contributed by atoms with Crippen LogP contribution in [0.2, 0.25) is 5.02 Å². The third kappa shape index (κ3) is 3.99. The second-order valence-electron chi connectivity index (χ2n) is 4.72. The van der Waals surface area contributed by atoms with Crippen molar-refractivity contribution in [1.82, 2.24) is 5.32 Å². The van der Waals surface area contributed by atoms with Crippen molar-refractivity contribution >= 4 is 11.6 Å². The van der Waals surface area contributed by atoms with E-state index in [-0.39, 0.29) is 6.04 Å². The summed E-state index contributed by atoms with van der Waals surface area (Å²) in [6.07, 6.45) is 0.384. The molecule has 0 fully saturated rings. The van der Waals surface area contributed by atoms with Crippen molar-refractivity contribution in [2.75, 3.05) is 6.54 Å². The predicted octanol–water partition coefficient (Wildman–Crippen LogP) is 4.65. The van der Waals surface area contributed by atoms with Crippen LogP contribution in [-0.2, 0) is 6.42 Å². The fraction of sp³-hybridized carbons (Fsp3) is 0.250. The number of nitrogens with one attached hydrogen (secondary N) is 1. The Morgan fingerprint density at radius 1 is 1.05 bits per heavy atom. The minimum Gasteiger partial charge on any atom is -0.310 e. The molecule has 0 amide bonds. The van der Waals surface area contributed by atoms with Crippen molar-refractivity contribution in [2.45, 2.75) is 19.4 Å². The Morgan fingerprint density at radius 2 is 1.71 bits per heavy atom. The molecule has 0 spiro atoms. The van der Waals surface area contributed by atoms with Crippen LogP contribution >= 0.6 is 11.6 Å². The lowest BCUT2D eigenvalue weighted by Crippen LogP contribution is -2.24. The zero-order valence-electron chi connectivity index (χ0n) is 11.5.